The molecule has 1 N–H and O–H groups in total. The molecular formula is C13H11Cl2N5S. The second kappa shape index (κ2) is 5.71. The van der Waals surface area contributed by atoms with Crippen LogP contribution in [0, 0.1) is 6.92 Å². The van der Waals surface area contributed by atoms with Gasteiger partial charge >= 0.3 is 0 Å². The van der Waals surface area contributed by atoms with Crippen molar-refractivity contribution in [3.63, 3.8) is 0 Å². The standard InChI is InChI=1S/C13H11Cl2N5S/c1-7-10-11(18-12(15)16-7)20(2)19-13(21-10)17-9-5-3-4-8(14)6-9/h3-6H,1-2H3,(H,17,19). The van der Waals surface area contributed by atoms with Gasteiger partial charge in [0.2, 0.25) is 5.28 Å². The Balaban J connectivity index is 1.98. The normalized spacial score (nSPS) is 15.8. The molecule has 0 radical (unpaired) electrons. The predicted octanol–water partition coefficient (Wildman–Crippen LogP) is 3.83. The Morgan fingerprint density at radius 2 is 2.10 bits per heavy atom. The monoisotopic (exact) mass is 339 g/mol. The highest BCUT2D eigenvalue weighted by molar-refractivity contribution is 8.14. The molecule has 8 heteroatoms. The summed E-state index contributed by atoms with van der Waals surface area (Å²) in [7, 11) is 1.86. The van der Waals surface area contributed by atoms with E-state index < -0.39 is 0 Å². The highest BCUT2D eigenvalue weighted by Gasteiger charge is 2.23. The van der Waals surface area contributed by atoms with E-state index in [0.29, 0.717) is 5.02 Å². The number of hydrogen-bond acceptors (Lipinski definition) is 5. The zero-order chi connectivity index (χ0) is 15.0. The second-order valence-electron chi connectivity index (χ2n) is 4.40. The summed E-state index contributed by atoms with van der Waals surface area (Å²) in [6, 6.07) is 7.37. The summed E-state index contributed by atoms with van der Waals surface area (Å²) in [6.45, 7) is 1.90. The van der Waals surface area contributed by atoms with Crippen LogP contribution in [-0.4, -0.2) is 22.2 Å². The number of aryl methyl sites for hydroxylation is 1. The highest BCUT2D eigenvalue weighted by Crippen LogP contribution is 2.35. The Morgan fingerprint density at radius 3 is 2.86 bits per heavy atom. The number of halogens is 2. The zero-order valence-corrected chi connectivity index (χ0v) is 13.6. The van der Waals surface area contributed by atoms with Gasteiger partial charge in [-0.2, -0.15) is 4.98 Å². The van der Waals surface area contributed by atoms with Gasteiger partial charge in [0.1, 0.15) is 0 Å². The zero-order valence-electron chi connectivity index (χ0n) is 11.3. The number of anilines is 1. The first-order valence-corrected chi connectivity index (χ1v) is 7.67. The number of benzene rings is 1. The first-order valence-electron chi connectivity index (χ1n) is 6.09. The fourth-order valence-electron chi connectivity index (χ4n) is 1.89. The van der Waals surface area contributed by atoms with E-state index in [2.05, 4.69) is 20.4 Å². The number of amidine groups is 1. The lowest BCUT2D eigenvalue weighted by Crippen LogP contribution is -2.41. The number of aromatic nitrogens is 2. The molecule has 0 saturated heterocycles. The smallest absolute Gasteiger partial charge is 0.224 e. The van der Waals surface area contributed by atoms with Gasteiger partial charge in [-0.25, -0.2) is 9.98 Å². The third kappa shape index (κ3) is 3.07. The van der Waals surface area contributed by atoms with E-state index >= 15 is 0 Å². The lowest BCUT2D eigenvalue weighted by Gasteiger charge is -2.28. The molecule has 0 spiro atoms. The molecule has 5 nitrogen and oxygen atoms in total. The Hall–Kier alpha value is -1.50. The number of thioether (sulfide) groups is 1. The molecule has 0 atom stereocenters. The third-order valence-corrected chi connectivity index (χ3v) is 4.27. The minimum absolute atomic E-state index is 0.232. The summed E-state index contributed by atoms with van der Waals surface area (Å²) < 4.78 is 0. The predicted molar refractivity (Wildman–Crippen MR) is 87.7 cm³/mol. The lowest BCUT2D eigenvalue weighted by molar-refractivity contribution is 0.825. The molecule has 0 bridgehead atoms. The van der Waals surface area contributed by atoms with Gasteiger partial charge in [0, 0.05) is 12.1 Å². The van der Waals surface area contributed by atoms with Crippen LogP contribution in [0.2, 0.25) is 10.3 Å². The number of fused-ring (bicyclic) bond motifs is 1. The Labute approximate surface area is 136 Å². The molecular weight excluding hydrogens is 329 g/mol. The quantitative estimate of drug-likeness (QED) is 0.800. The molecule has 108 valence electrons. The van der Waals surface area contributed by atoms with Crippen LogP contribution in [-0.2, 0) is 0 Å². The van der Waals surface area contributed by atoms with Gasteiger partial charge in [-0.1, -0.05) is 17.7 Å². The molecule has 0 amide bonds. The number of hydrogen-bond donors (Lipinski definition) is 1. The van der Waals surface area contributed by atoms with Gasteiger partial charge in [0.05, 0.1) is 16.3 Å². The fourth-order valence-corrected chi connectivity index (χ4v) is 3.27. The molecule has 1 aliphatic heterocycles. The third-order valence-electron chi connectivity index (χ3n) is 2.81. The Bertz CT molecular complexity index is 734. The maximum absolute atomic E-state index is 5.97. The van der Waals surface area contributed by atoms with Crippen LogP contribution in [0.15, 0.2) is 34.2 Å². The largest absolute Gasteiger partial charge is 0.275 e. The average Bonchev–Trinajstić information content (AvgIpc) is 2.40. The van der Waals surface area contributed by atoms with E-state index in [-0.39, 0.29) is 5.28 Å². The summed E-state index contributed by atoms with van der Waals surface area (Å²) in [5.74, 6) is 0.738. The highest BCUT2D eigenvalue weighted by atomic mass is 35.5. The summed E-state index contributed by atoms with van der Waals surface area (Å²) in [5.41, 5.74) is 4.75. The topological polar surface area (TPSA) is 53.4 Å². The maximum atomic E-state index is 5.97. The SMILES string of the molecule is Cc1nc(Cl)nc2c1SC(=Nc1cccc(Cl)c1)NN2C. The van der Waals surface area contributed by atoms with Crippen molar-refractivity contribution < 1.29 is 0 Å². The molecule has 0 unspecified atom stereocenters. The van der Waals surface area contributed by atoms with Gasteiger partial charge in [-0.05, 0) is 48.5 Å². The lowest BCUT2D eigenvalue weighted by atomic mass is 10.3. The number of nitrogens with one attached hydrogen (secondary N) is 1. The first kappa shape index (κ1) is 14.4. The van der Waals surface area contributed by atoms with Crippen LogP contribution in [0.1, 0.15) is 5.69 Å². The molecule has 2 heterocycles. The van der Waals surface area contributed by atoms with E-state index in [1.54, 1.807) is 11.1 Å². The Kier molecular flexibility index (Phi) is 3.93. The molecule has 0 saturated carbocycles. The molecule has 21 heavy (non-hydrogen) atoms. The van der Waals surface area contributed by atoms with Gasteiger partial charge in [-0.3, -0.25) is 10.4 Å². The molecule has 0 aliphatic carbocycles. The van der Waals surface area contributed by atoms with E-state index in [1.165, 1.54) is 11.8 Å². The minimum Gasteiger partial charge on any atom is -0.275 e. The minimum atomic E-state index is 0.232. The van der Waals surface area contributed by atoms with Crippen molar-refractivity contribution in [2.24, 2.45) is 4.99 Å². The van der Waals surface area contributed by atoms with E-state index in [0.717, 1.165) is 27.3 Å². The van der Waals surface area contributed by atoms with E-state index in [9.17, 15) is 0 Å². The summed E-state index contributed by atoms with van der Waals surface area (Å²) in [5, 5.41) is 3.38. The van der Waals surface area contributed by atoms with E-state index in [4.69, 9.17) is 23.2 Å². The van der Waals surface area contributed by atoms with Crippen LogP contribution in [0.5, 0.6) is 0 Å². The number of rotatable bonds is 1. The maximum Gasteiger partial charge on any atom is 0.224 e. The van der Waals surface area contributed by atoms with E-state index in [1.807, 2.05) is 32.2 Å². The average molecular weight is 340 g/mol. The number of nitrogens with zero attached hydrogens (tertiary/aromatic N) is 4. The summed E-state index contributed by atoms with van der Waals surface area (Å²) in [4.78, 5) is 13.9. The van der Waals surface area contributed by atoms with Gasteiger partial charge in [0.25, 0.3) is 0 Å². The molecule has 3 rings (SSSR count). The van der Waals surface area contributed by atoms with Crippen LogP contribution >= 0.6 is 35.0 Å². The van der Waals surface area contributed by atoms with Crippen LogP contribution < -0.4 is 10.4 Å². The van der Waals surface area contributed by atoms with Crippen molar-refractivity contribution in [3.8, 4) is 0 Å². The molecule has 1 aromatic carbocycles. The van der Waals surface area contributed by atoms with Gasteiger partial charge < -0.3 is 0 Å². The summed E-state index contributed by atoms with van der Waals surface area (Å²) in [6.07, 6.45) is 0. The van der Waals surface area contributed by atoms with Crippen molar-refractivity contribution >= 4 is 51.6 Å². The van der Waals surface area contributed by atoms with Crippen molar-refractivity contribution in [1.29, 1.82) is 0 Å². The van der Waals surface area contributed by atoms with Gasteiger partial charge in [-0.15, -0.1) is 0 Å². The molecule has 0 fully saturated rings. The fraction of sp³-hybridized carbons (Fsp3) is 0.154. The van der Waals surface area contributed by atoms with Crippen LogP contribution in [0.25, 0.3) is 0 Å². The number of aliphatic imine (C=N–C) groups is 1. The van der Waals surface area contributed by atoms with Gasteiger partial charge in [0.15, 0.2) is 11.0 Å². The first-order chi connectivity index (χ1) is 10.0. The van der Waals surface area contributed by atoms with Crippen molar-refractivity contribution in [2.45, 2.75) is 11.8 Å². The molecule has 1 aromatic heterocycles. The molecule has 2 aromatic rings. The second-order valence-corrected chi connectivity index (χ2v) is 6.17. The Morgan fingerprint density at radius 1 is 1.29 bits per heavy atom. The summed E-state index contributed by atoms with van der Waals surface area (Å²) >= 11 is 13.3. The number of hydrazine groups is 1. The molecule has 1 aliphatic rings. The van der Waals surface area contributed by atoms with Crippen molar-refractivity contribution in [1.82, 2.24) is 15.4 Å². The van der Waals surface area contributed by atoms with Crippen LogP contribution in [0.3, 0.4) is 0 Å². The van der Waals surface area contributed by atoms with Crippen molar-refractivity contribution in [2.75, 3.05) is 12.1 Å². The van der Waals surface area contributed by atoms with Crippen molar-refractivity contribution in [3.05, 3.63) is 40.3 Å². The van der Waals surface area contributed by atoms with Crippen LogP contribution in [0.4, 0.5) is 11.5 Å².